The Labute approximate surface area is 163 Å². The summed E-state index contributed by atoms with van der Waals surface area (Å²) < 4.78 is 5.45. The van der Waals surface area contributed by atoms with E-state index in [4.69, 9.17) is 4.74 Å². The summed E-state index contributed by atoms with van der Waals surface area (Å²) in [6, 6.07) is 12.0. The lowest BCUT2D eigenvalue weighted by molar-refractivity contribution is -0.384. The highest BCUT2D eigenvalue weighted by molar-refractivity contribution is 6.03. The predicted octanol–water partition coefficient (Wildman–Crippen LogP) is 4.42. The molecule has 1 aliphatic heterocycles. The van der Waals surface area contributed by atoms with E-state index in [-0.39, 0.29) is 23.6 Å². The molecule has 1 heterocycles. The molecule has 0 saturated carbocycles. The molecule has 0 radical (unpaired) electrons. The zero-order chi connectivity index (χ0) is 20.4. The van der Waals surface area contributed by atoms with Gasteiger partial charge in [-0.15, -0.1) is 0 Å². The molecule has 3 rings (SSSR count). The number of nitrogens with zero attached hydrogens (tertiary/aromatic N) is 3. The Kier molecular flexibility index (Phi) is 5.44. The van der Waals surface area contributed by atoms with Crippen molar-refractivity contribution in [1.82, 2.24) is 5.01 Å². The lowest BCUT2D eigenvalue weighted by atomic mass is 9.93. The number of hydrazone groups is 1. The molecule has 0 spiro atoms. The van der Waals surface area contributed by atoms with Gasteiger partial charge in [0.15, 0.2) is 0 Å². The summed E-state index contributed by atoms with van der Waals surface area (Å²) in [4.78, 5) is 22.9. The first-order valence-electron chi connectivity index (χ1n) is 9.11. The summed E-state index contributed by atoms with van der Waals surface area (Å²) in [6.45, 7) is 5.65. The summed E-state index contributed by atoms with van der Waals surface area (Å²) in [5.41, 5.74) is 3.34. The molecule has 2 aromatic rings. The quantitative estimate of drug-likeness (QED) is 0.567. The fraction of sp³-hybridized carbons (Fsp3) is 0.333. The van der Waals surface area contributed by atoms with E-state index in [0.29, 0.717) is 17.7 Å². The van der Waals surface area contributed by atoms with E-state index in [1.54, 1.807) is 19.2 Å². The molecule has 0 fully saturated rings. The number of hydrogen-bond donors (Lipinski definition) is 0. The second-order valence-electron chi connectivity index (χ2n) is 7.09. The van der Waals surface area contributed by atoms with Gasteiger partial charge in [-0.05, 0) is 29.2 Å². The van der Waals surface area contributed by atoms with Gasteiger partial charge in [-0.2, -0.15) is 5.10 Å². The minimum Gasteiger partial charge on any atom is -0.496 e. The van der Waals surface area contributed by atoms with Crippen LogP contribution < -0.4 is 4.74 Å². The first-order valence-corrected chi connectivity index (χ1v) is 9.11. The number of hydrogen-bond acceptors (Lipinski definition) is 5. The molecule has 146 valence electrons. The maximum absolute atomic E-state index is 12.2. The van der Waals surface area contributed by atoms with Crippen LogP contribution in [0.5, 0.6) is 5.75 Å². The van der Waals surface area contributed by atoms with Gasteiger partial charge in [-0.1, -0.05) is 32.0 Å². The number of methoxy groups -OCH3 is 1. The van der Waals surface area contributed by atoms with Crippen LogP contribution >= 0.6 is 0 Å². The monoisotopic (exact) mass is 381 g/mol. The minimum absolute atomic E-state index is 0.00423. The topological polar surface area (TPSA) is 85.0 Å². The third-order valence-electron chi connectivity index (χ3n) is 4.88. The molecule has 7 nitrogen and oxygen atoms in total. The molecule has 1 aliphatic rings. The average molecular weight is 381 g/mol. The van der Waals surface area contributed by atoms with E-state index in [2.05, 4.69) is 25.0 Å². The summed E-state index contributed by atoms with van der Waals surface area (Å²) in [6.07, 6.45) is 0.491. The fourth-order valence-electron chi connectivity index (χ4n) is 3.44. The first kappa shape index (κ1) is 19.5. The van der Waals surface area contributed by atoms with Crippen molar-refractivity contribution in [2.45, 2.75) is 39.2 Å². The summed E-state index contributed by atoms with van der Waals surface area (Å²) in [5.74, 6) is 0.900. The molecular weight excluding hydrogens is 358 g/mol. The smallest absolute Gasteiger partial charge is 0.270 e. The van der Waals surface area contributed by atoms with Crippen LogP contribution in [0.1, 0.15) is 55.8 Å². The molecule has 0 saturated heterocycles. The summed E-state index contributed by atoms with van der Waals surface area (Å²) in [5, 5.41) is 17.0. The summed E-state index contributed by atoms with van der Waals surface area (Å²) in [7, 11) is 1.64. The largest absolute Gasteiger partial charge is 0.496 e. The van der Waals surface area contributed by atoms with Crippen molar-refractivity contribution in [1.29, 1.82) is 0 Å². The number of nitro benzene ring substituents is 1. The molecule has 0 aliphatic carbocycles. The second-order valence-corrected chi connectivity index (χ2v) is 7.09. The Hall–Kier alpha value is -3.22. The SMILES string of the molecule is COc1ccc(C2CC(c3cccc([N+](=O)[O-])c3)=NN2C(C)=O)cc1C(C)C. The molecule has 1 atom stereocenters. The standard InChI is InChI=1S/C21H23N3O4/c1-13(2)18-11-16(8-9-21(18)28-4)20-12-19(22-23(20)14(3)25)15-6-5-7-17(10-15)24(26)27/h5-11,13,20H,12H2,1-4H3. The fourth-order valence-corrected chi connectivity index (χ4v) is 3.44. The number of nitro groups is 1. The molecule has 0 bridgehead atoms. The van der Waals surface area contributed by atoms with Gasteiger partial charge in [0.2, 0.25) is 5.91 Å². The molecular formula is C21H23N3O4. The second kappa shape index (κ2) is 7.80. The molecule has 0 aromatic heterocycles. The van der Waals surface area contributed by atoms with Gasteiger partial charge < -0.3 is 4.74 Å². The molecule has 7 heteroatoms. The van der Waals surface area contributed by atoms with E-state index in [1.165, 1.54) is 24.1 Å². The van der Waals surface area contributed by atoms with Crippen LogP contribution in [0.15, 0.2) is 47.6 Å². The highest BCUT2D eigenvalue weighted by Gasteiger charge is 2.32. The number of ether oxygens (including phenoxy) is 1. The van der Waals surface area contributed by atoms with Crippen molar-refractivity contribution in [3.8, 4) is 5.75 Å². The first-order chi connectivity index (χ1) is 13.3. The van der Waals surface area contributed by atoms with Crippen LogP contribution in [-0.2, 0) is 4.79 Å². The lowest BCUT2D eigenvalue weighted by Crippen LogP contribution is -2.24. The van der Waals surface area contributed by atoms with E-state index in [1.807, 2.05) is 12.1 Å². The van der Waals surface area contributed by atoms with Crippen molar-refractivity contribution in [2.75, 3.05) is 7.11 Å². The Morgan fingerprint density at radius 2 is 2.04 bits per heavy atom. The molecule has 28 heavy (non-hydrogen) atoms. The van der Waals surface area contributed by atoms with Crippen molar-refractivity contribution in [3.63, 3.8) is 0 Å². The number of carbonyl (C=O) groups is 1. The van der Waals surface area contributed by atoms with Gasteiger partial charge in [0.25, 0.3) is 5.69 Å². The third kappa shape index (κ3) is 3.74. The molecule has 2 aromatic carbocycles. The highest BCUT2D eigenvalue weighted by Crippen LogP contribution is 2.37. The molecule has 1 unspecified atom stereocenters. The zero-order valence-corrected chi connectivity index (χ0v) is 16.4. The zero-order valence-electron chi connectivity index (χ0n) is 16.4. The van der Waals surface area contributed by atoms with Crippen molar-refractivity contribution in [2.24, 2.45) is 5.10 Å². The van der Waals surface area contributed by atoms with E-state index < -0.39 is 4.92 Å². The Balaban J connectivity index is 1.98. The molecule has 0 N–H and O–H groups in total. The van der Waals surface area contributed by atoms with Crippen LogP contribution in [0.4, 0.5) is 5.69 Å². The van der Waals surface area contributed by atoms with Crippen LogP contribution in [0.3, 0.4) is 0 Å². The van der Waals surface area contributed by atoms with Crippen LogP contribution in [-0.4, -0.2) is 28.7 Å². The Morgan fingerprint density at radius 3 is 2.64 bits per heavy atom. The highest BCUT2D eigenvalue weighted by atomic mass is 16.6. The van der Waals surface area contributed by atoms with Crippen LogP contribution in [0, 0.1) is 10.1 Å². The average Bonchev–Trinajstić information content (AvgIpc) is 3.13. The van der Waals surface area contributed by atoms with Gasteiger partial charge in [0, 0.05) is 31.0 Å². The number of rotatable bonds is 5. The minimum atomic E-state index is -0.433. The van der Waals surface area contributed by atoms with Gasteiger partial charge >= 0.3 is 0 Å². The van der Waals surface area contributed by atoms with Crippen LogP contribution in [0.25, 0.3) is 0 Å². The maximum Gasteiger partial charge on any atom is 0.270 e. The Morgan fingerprint density at radius 1 is 1.29 bits per heavy atom. The van der Waals surface area contributed by atoms with Crippen molar-refractivity contribution in [3.05, 3.63) is 69.3 Å². The maximum atomic E-state index is 12.2. The predicted molar refractivity (Wildman–Crippen MR) is 107 cm³/mol. The van der Waals surface area contributed by atoms with Gasteiger partial charge in [0.1, 0.15) is 5.75 Å². The van der Waals surface area contributed by atoms with E-state index >= 15 is 0 Å². The third-order valence-corrected chi connectivity index (χ3v) is 4.88. The van der Waals surface area contributed by atoms with E-state index in [9.17, 15) is 14.9 Å². The van der Waals surface area contributed by atoms with E-state index in [0.717, 1.165) is 16.9 Å². The number of amides is 1. The number of carbonyl (C=O) groups excluding carboxylic acids is 1. The number of non-ortho nitro benzene ring substituents is 1. The van der Waals surface area contributed by atoms with Gasteiger partial charge in [0.05, 0.1) is 23.8 Å². The van der Waals surface area contributed by atoms with Gasteiger partial charge in [-0.25, -0.2) is 5.01 Å². The number of benzene rings is 2. The molecule has 1 amide bonds. The summed E-state index contributed by atoms with van der Waals surface area (Å²) >= 11 is 0. The van der Waals surface area contributed by atoms with Crippen molar-refractivity contribution >= 4 is 17.3 Å². The van der Waals surface area contributed by atoms with Gasteiger partial charge in [-0.3, -0.25) is 14.9 Å². The Bertz CT molecular complexity index is 952. The normalized spacial score (nSPS) is 16.2. The van der Waals surface area contributed by atoms with Crippen LogP contribution in [0.2, 0.25) is 0 Å². The lowest BCUT2D eigenvalue weighted by Gasteiger charge is -2.22. The van der Waals surface area contributed by atoms with Crippen molar-refractivity contribution < 1.29 is 14.5 Å².